The molecule has 0 amide bonds. The van der Waals surface area contributed by atoms with Gasteiger partial charge in [-0.15, -0.1) is 4.72 Å². The van der Waals surface area contributed by atoms with Gasteiger partial charge < -0.3 is 14.0 Å². The molecule has 1 N–H and O–H groups in total. The molecule has 25 heavy (non-hydrogen) atoms. The molecular formula is C16H22N2O6S. The average molecular weight is 370 g/mol. The summed E-state index contributed by atoms with van der Waals surface area (Å²) in [5.74, 6) is -0.432. The highest BCUT2D eigenvalue weighted by Gasteiger charge is 2.35. The molecule has 1 unspecified atom stereocenters. The fourth-order valence-electron chi connectivity index (χ4n) is 2.38. The van der Waals surface area contributed by atoms with E-state index in [0.29, 0.717) is 18.6 Å². The zero-order chi connectivity index (χ0) is 18.8. The molecule has 9 heteroatoms. The SMILES string of the molecule is CCOC(=O)c1cc([N+](=O)[O-])cc2c1OCC[C@@H]2N[S+]([O-])C(C)(C)C. The molecular weight excluding hydrogens is 348 g/mol. The summed E-state index contributed by atoms with van der Waals surface area (Å²) in [5.41, 5.74) is 0.223. The van der Waals surface area contributed by atoms with Crippen molar-refractivity contribution >= 4 is 23.0 Å². The number of esters is 1. The van der Waals surface area contributed by atoms with Crippen LogP contribution in [0.3, 0.4) is 0 Å². The number of rotatable bonds is 5. The molecule has 1 aliphatic rings. The Hall–Kier alpha value is -1.84. The van der Waals surface area contributed by atoms with Crippen molar-refractivity contribution in [2.45, 2.75) is 44.9 Å². The molecule has 8 nitrogen and oxygen atoms in total. The first kappa shape index (κ1) is 19.5. The Bertz CT molecular complexity index is 673. The lowest BCUT2D eigenvalue weighted by Gasteiger charge is -2.31. The van der Waals surface area contributed by atoms with E-state index in [2.05, 4.69) is 4.72 Å². The number of carbonyl (C=O) groups excluding carboxylic acids is 1. The van der Waals surface area contributed by atoms with Gasteiger partial charge in [-0.3, -0.25) is 10.1 Å². The molecule has 0 bridgehead atoms. The highest BCUT2D eigenvalue weighted by molar-refractivity contribution is 7.90. The Morgan fingerprint density at radius 2 is 2.16 bits per heavy atom. The zero-order valence-corrected chi connectivity index (χ0v) is 15.5. The molecule has 2 rings (SSSR count). The van der Waals surface area contributed by atoms with Crippen LogP contribution in [0.15, 0.2) is 12.1 Å². The molecule has 0 aromatic heterocycles. The maximum absolute atomic E-state index is 12.4. The van der Waals surface area contributed by atoms with Gasteiger partial charge in [0.2, 0.25) is 0 Å². The van der Waals surface area contributed by atoms with Crippen LogP contribution < -0.4 is 9.46 Å². The second-order valence-electron chi connectivity index (χ2n) is 6.58. The van der Waals surface area contributed by atoms with E-state index in [9.17, 15) is 19.5 Å². The maximum atomic E-state index is 12.4. The summed E-state index contributed by atoms with van der Waals surface area (Å²) in [6.07, 6.45) is 0.484. The summed E-state index contributed by atoms with van der Waals surface area (Å²) in [5, 5.41) is 11.2. The Kier molecular flexibility index (Phi) is 5.91. The van der Waals surface area contributed by atoms with Crippen LogP contribution in [0.1, 0.15) is 56.1 Å². The van der Waals surface area contributed by atoms with Crippen LogP contribution in [0.5, 0.6) is 5.75 Å². The van der Waals surface area contributed by atoms with Gasteiger partial charge in [-0.1, -0.05) is 0 Å². The van der Waals surface area contributed by atoms with E-state index in [4.69, 9.17) is 9.47 Å². The number of nitrogens with one attached hydrogen (secondary N) is 1. The molecule has 1 aromatic carbocycles. The van der Waals surface area contributed by atoms with Crippen molar-refractivity contribution in [3.63, 3.8) is 0 Å². The largest absolute Gasteiger partial charge is 0.598 e. The maximum Gasteiger partial charge on any atom is 0.342 e. The van der Waals surface area contributed by atoms with Gasteiger partial charge in [0.1, 0.15) is 16.1 Å². The number of hydrogen-bond acceptors (Lipinski definition) is 7. The lowest BCUT2D eigenvalue weighted by Crippen LogP contribution is -2.42. The standard InChI is InChI=1S/C16H22N2O6S/c1-5-23-15(19)12-9-10(18(20)21)8-11-13(6-7-24-14(11)12)17-25(22)16(2,3)4/h8-9,13,17H,5-7H2,1-4H3/t13-,25?/m0/s1. The van der Waals surface area contributed by atoms with E-state index in [-0.39, 0.29) is 23.6 Å². The minimum absolute atomic E-state index is 0.0130. The summed E-state index contributed by atoms with van der Waals surface area (Å²) in [4.78, 5) is 22.8. The van der Waals surface area contributed by atoms with Crippen LogP contribution in [0.25, 0.3) is 0 Å². The normalized spacial score (nSPS) is 18.0. The monoisotopic (exact) mass is 370 g/mol. The number of fused-ring (bicyclic) bond motifs is 1. The third-order valence-electron chi connectivity index (χ3n) is 3.64. The van der Waals surface area contributed by atoms with E-state index in [1.807, 2.05) is 20.8 Å². The molecule has 0 fully saturated rings. The molecule has 1 heterocycles. The van der Waals surface area contributed by atoms with Gasteiger partial charge in [0.25, 0.3) is 5.69 Å². The minimum atomic E-state index is -1.37. The molecule has 0 saturated carbocycles. The van der Waals surface area contributed by atoms with E-state index in [0.717, 1.165) is 6.07 Å². The lowest BCUT2D eigenvalue weighted by atomic mass is 9.97. The Balaban J connectivity index is 2.48. The number of nitro benzene ring substituents is 1. The van der Waals surface area contributed by atoms with Gasteiger partial charge in [0.15, 0.2) is 0 Å². The quantitative estimate of drug-likeness (QED) is 0.367. The minimum Gasteiger partial charge on any atom is -0.598 e. The predicted octanol–water partition coefficient (Wildman–Crippen LogP) is 2.65. The highest BCUT2D eigenvalue weighted by atomic mass is 32.2. The van der Waals surface area contributed by atoms with Gasteiger partial charge in [-0.25, -0.2) is 4.79 Å². The number of nitrogens with zero attached hydrogens (tertiary/aromatic N) is 1. The average Bonchev–Trinajstić information content (AvgIpc) is 2.53. The number of ether oxygens (including phenoxy) is 2. The molecule has 2 atom stereocenters. The van der Waals surface area contributed by atoms with Crippen molar-refractivity contribution in [1.82, 2.24) is 4.72 Å². The summed E-state index contributed by atoms with van der Waals surface area (Å²) >= 11 is -1.37. The summed E-state index contributed by atoms with van der Waals surface area (Å²) in [7, 11) is 0. The van der Waals surface area contributed by atoms with Crippen LogP contribution in [-0.2, 0) is 16.1 Å². The van der Waals surface area contributed by atoms with Gasteiger partial charge in [-0.05, 0) is 27.7 Å². The molecule has 1 aromatic rings. The second kappa shape index (κ2) is 7.59. The first-order valence-corrected chi connectivity index (χ1v) is 9.10. The van der Waals surface area contributed by atoms with Crippen molar-refractivity contribution in [3.05, 3.63) is 33.4 Å². The van der Waals surface area contributed by atoms with E-state index in [1.165, 1.54) is 6.07 Å². The predicted molar refractivity (Wildman–Crippen MR) is 92.9 cm³/mol. The summed E-state index contributed by atoms with van der Waals surface area (Å²) in [6.45, 7) is 7.58. The fraction of sp³-hybridized carbons (Fsp3) is 0.562. The first-order valence-electron chi connectivity index (χ1n) is 7.95. The van der Waals surface area contributed by atoms with E-state index in [1.54, 1.807) is 6.92 Å². The van der Waals surface area contributed by atoms with Gasteiger partial charge in [0, 0.05) is 35.5 Å². The number of carbonyl (C=O) groups is 1. The van der Waals surface area contributed by atoms with Crippen molar-refractivity contribution in [2.75, 3.05) is 13.2 Å². The molecule has 1 aliphatic heterocycles. The second-order valence-corrected chi connectivity index (χ2v) is 8.58. The Morgan fingerprint density at radius 1 is 1.48 bits per heavy atom. The Labute approximate surface area is 149 Å². The van der Waals surface area contributed by atoms with Crippen LogP contribution in [0.2, 0.25) is 0 Å². The summed E-state index contributed by atoms with van der Waals surface area (Å²) < 4.78 is 25.5. The molecule has 0 spiro atoms. The molecule has 0 aliphatic carbocycles. The topological polar surface area (TPSA) is 114 Å². The van der Waals surface area contributed by atoms with E-state index >= 15 is 0 Å². The van der Waals surface area contributed by atoms with Crippen molar-refractivity contribution < 1.29 is 23.7 Å². The summed E-state index contributed by atoms with van der Waals surface area (Å²) in [6, 6.07) is 2.09. The smallest absolute Gasteiger partial charge is 0.342 e. The van der Waals surface area contributed by atoms with Gasteiger partial charge >= 0.3 is 5.97 Å². The van der Waals surface area contributed by atoms with Gasteiger partial charge in [-0.2, -0.15) is 0 Å². The zero-order valence-electron chi connectivity index (χ0n) is 14.7. The van der Waals surface area contributed by atoms with Crippen LogP contribution >= 0.6 is 0 Å². The third-order valence-corrected chi connectivity index (χ3v) is 5.25. The van der Waals surface area contributed by atoms with Crippen LogP contribution in [0.4, 0.5) is 5.69 Å². The van der Waals surface area contributed by atoms with Crippen molar-refractivity contribution in [2.24, 2.45) is 0 Å². The number of nitro groups is 1. The number of non-ortho nitro benzene ring substituents is 1. The van der Waals surface area contributed by atoms with Crippen LogP contribution in [-0.4, -0.2) is 33.4 Å². The van der Waals surface area contributed by atoms with Crippen molar-refractivity contribution in [3.8, 4) is 5.75 Å². The molecule has 0 saturated heterocycles. The van der Waals surface area contributed by atoms with Crippen molar-refractivity contribution in [1.29, 1.82) is 0 Å². The first-order chi connectivity index (χ1) is 11.6. The van der Waals surface area contributed by atoms with Crippen LogP contribution in [0, 0.1) is 10.1 Å². The third kappa shape index (κ3) is 4.42. The lowest BCUT2D eigenvalue weighted by molar-refractivity contribution is -0.385. The Morgan fingerprint density at radius 3 is 2.72 bits per heavy atom. The fourth-order valence-corrected chi connectivity index (χ4v) is 3.24. The number of benzene rings is 1. The molecule has 138 valence electrons. The number of hydrogen-bond donors (Lipinski definition) is 1. The molecule has 0 radical (unpaired) electrons. The van der Waals surface area contributed by atoms with E-state index < -0.39 is 33.0 Å². The highest BCUT2D eigenvalue weighted by Crippen LogP contribution is 2.39. The van der Waals surface area contributed by atoms with Gasteiger partial charge in [0.05, 0.1) is 24.2 Å².